The van der Waals surface area contributed by atoms with Gasteiger partial charge in [-0.3, -0.25) is 14.4 Å². The molecule has 1 aliphatic heterocycles. The molecule has 0 radical (unpaired) electrons. The minimum absolute atomic E-state index is 0.0335. The number of H-pyrrole nitrogens is 2. The van der Waals surface area contributed by atoms with Gasteiger partial charge in [-0.15, -0.1) is 0 Å². The molecule has 0 saturated carbocycles. The number of aromatic amines is 2. The number of nitrogens with one attached hydrogen (secondary N) is 5. The van der Waals surface area contributed by atoms with Crippen LogP contribution in [-0.2, 0) is 11.2 Å². The standard InChI is InChI=1S/C21H23FN6O3/c22-14-1-2-16-15(11-14)13(12-25-16)5-8-24-20(31)21(6-9-23-10-7-21)26-19(30)17-3-4-18(29)28-27-17/h1-4,11-12,23,25H,5-10H2,(H,24,31)(H,26,30)(H,28,29). The third-order valence-corrected chi connectivity index (χ3v) is 5.57. The molecule has 0 atom stereocenters. The Morgan fingerprint density at radius 3 is 2.71 bits per heavy atom. The summed E-state index contributed by atoms with van der Waals surface area (Å²) in [5.74, 6) is -1.12. The lowest BCUT2D eigenvalue weighted by atomic mass is 9.87. The van der Waals surface area contributed by atoms with Gasteiger partial charge in [0.1, 0.15) is 17.1 Å². The van der Waals surface area contributed by atoms with Crippen LogP contribution < -0.4 is 21.5 Å². The summed E-state index contributed by atoms with van der Waals surface area (Å²) < 4.78 is 13.6. The van der Waals surface area contributed by atoms with Crippen LogP contribution in [0.2, 0.25) is 0 Å². The van der Waals surface area contributed by atoms with Crippen LogP contribution in [0.4, 0.5) is 4.39 Å². The molecular formula is C21H23FN6O3. The second-order valence-corrected chi connectivity index (χ2v) is 7.60. The summed E-state index contributed by atoms with van der Waals surface area (Å²) in [7, 11) is 0. The van der Waals surface area contributed by atoms with E-state index in [0.717, 1.165) is 16.5 Å². The van der Waals surface area contributed by atoms with E-state index in [0.29, 0.717) is 38.9 Å². The van der Waals surface area contributed by atoms with Gasteiger partial charge in [0.05, 0.1) is 0 Å². The van der Waals surface area contributed by atoms with E-state index in [-0.39, 0.29) is 17.4 Å². The van der Waals surface area contributed by atoms with E-state index < -0.39 is 17.0 Å². The van der Waals surface area contributed by atoms with Gasteiger partial charge in [0.15, 0.2) is 0 Å². The van der Waals surface area contributed by atoms with Crippen molar-refractivity contribution in [3.8, 4) is 0 Å². The SMILES string of the molecule is O=C(NC1(C(=O)NCCc2c[nH]c3ccc(F)cc23)CCNCC1)c1ccc(=O)[nH]n1. The molecule has 31 heavy (non-hydrogen) atoms. The van der Waals surface area contributed by atoms with Crippen molar-refractivity contribution in [2.24, 2.45) is 0 Å². The van der Waals surface area contributed by atoms with E-state index in [4.69, 9.17) is 0 Å². The molecule has 162 valence electrons. The summed E-state index contributed by atoms with van der Waals surface area (Å²) in [6.45, 7) is 1.49. The maximum atomic E-state index is 13.6. The van der Waals surface area contributed by atoms with Gasteiger partial charge in [0.2, 0.25) is 5.91 Å². The highest BCUT2D eigenvalue weighted by atomic mass is 19.1. The fourth-order valence-electron chi connectivity index (χ4n) is 3.85. The first-order valence-electron chi connectivity index (χ1n) is 10.1. The largest absolute Gasteiger partial charge is 0.361 e. The zero-order chi connectivity index (χ0) is 21.8. The van der Waals surface area contributed by atoms with Crippen LogP contribution in [0, 0.1) is 5.82 Å². The Balaban J connectivity index is 1.44. The van der Waals surface area contributed by atoms with Crippen LogP contribution in [0.1, 0.15) is 28.9 Å². The Morgan fingerprint density at radius 2 is 1.97 bits per heavy atom. The molecule has 0 aliphatic carbocycles. The van der Waals surface area contributed by atoms with Crippen molar-refractivity contribution in [2.75, 3.05) is 19.6 Å². The predicted octanol–water partition coefficient (Wildman–Crippen LogP) is 0.601. The fourth-order valence-corrected chi connectivity index (χ4v) is 3.85. The number of piperidine rings is 1. The Kier molecular flexibility index (Phi) is 5.81. The highest BCUT2D eigenvalue weighted by molar-refractivity contribution is 5.98. The number of halogens is 1. The molecule has 4 rings (SSSR count). The third kappa shape index (κ3) is 4.48. The van der Waals surface area contributed by atoms with Crippen LogP contribution in [0.5, 0.6) is 0 Å². The quantitative estimate of drug-likeness (QED) is 0.394. The van der Waals surface area contributed by atoms with E-state index >= 15 is 0 Å². The first-order chi connectivity index (χ1) is 15.0. The number of carbonyl (C=O) groups is 2. The van der Waals surface area contributed by atoms with E-state index in [1.54, 1.807) is 12.3 Å². The van der Waals surface area contributed by atoms with Gasteiger partial charge in [-0.25, -0.2) is 9.49 Å². The maximum Gasteiger partial charge on any atom is 0.272 e. The molecule has 2 aromatic heterocycles. The van der Waals surface area contributed by atoms with Gasteiger partial charge >= 0.3 is 0 Å². The zero-order valence-corrected chi connectivity index (χ0v) is 16.8. The number of amides is 2. The molecule has 1 saturated heterocycles. The summed E-state index contributed by atoms with van der Waals surface area (Å²) in [6.07, 6.45) is 3.16. The molecule has 0 unspecified atom stereocenters. The van der Waals surface area contributed by atoms with Crippen LogP contribution in [0.25, 0.3) is 10.9 Å². The van der Waals surface area contributed by atoms with E-state index in [2.05, 4.69) is 31.1 Å². The Morgan fingerprint density at radius 1 is 1.16 bits per heavy atom. The van der Waals surface area contributed by atoms with E-state index in [1.807, 2.05) is 0 Å². The average Bonchev–Trinajstić information content (AvgIpc) is 3.16. The lowest BCUT2D eigenvalue weighted by Gasteiger charge is -2.36. The minimum atomic E-state index is -1.08. The van der Waals surface area contributed by atoms with Gasteiger partial charge in [0, 0.05) is 29.7 Å². The topological polar surface area (TPSA) is 132 Å². The van der Waals surface area contributed by atoms with Crippen LogP contribution in [0.3, 0.4) is 0 Å². The molecular weight excluding hydrogens is 403 g/mol. The maximum absolute atomic E-state index is 13.6. The number of carbonyl (C=O) groups excluding carboxylic acids is 2. The zero-order valence-electron chi connectivity index (χ0n) is 16.8. The monoisotopic (exact) mass is 426 g/mol. The van der Waals surface area contributed by atoms with Gasteiger partial charge in [0.25, 0.3) is 11.5 Å². The first-order valence-corrected chi connectivity index (χ1v) is 10.1. The Bertz CT molecular complexity index is 1140. The number of nitrogens with zero attached hydrogens (tertiary/aromatic N) is 1. The summed E-state index contributed by atoms with van der Waals surface area (Å²) in [5, 5.41) is 15.6. The number of aromatic nitrogens is 3. The summed E-state index contributed by atoms with van der Waals surface area (Å²) >= 11 is 0. The lowest BCUT2D eigenvalue weighted by molar-refractivity contribution is -0.128. The van der Waals surface area contributed by atoms with E-state index in [1.165, 1.54) is 24.3 Å². The van der Waals surface area contributed by atoms with Crippen LogP contribution in [-0.4, -0.2) is 52.2 Å². The molecule has 1 aliphatic rings. The molecule has 0 bridgehead atoms. The normalized spacial score (nSPS) is 15.5. The molecule has 0 spiro atoms. The van der Waals surface area contributed by atoms with Gasteiger partial charge < -0.3 is 20.9 Å². The molecule has 10 heteroatoms. The first kappa shape index (κ1) is 20.7. The number of fused-ring (bicyclic) bond motifs is 1. The molecule has 9 nitrogen and oxygen atoms in total. The smallest absolute Gasteiger partial charge is 0.272 e. The number of benzene rings is 1. The van der Waals surface area contributed by atoms with Crippen molar-refractivity contribution in [1.29, 1.82) is 0 Å². The predicted molar refractivity (Wildman–Crippen MR) is 112 cm³/mol. The van der Waals surface area contributed by atoms with Gasteiger partial charge in [-0.1, -0.05) is 0 Å². The third-order valence-electron chi connectivity index (χ3n) is 5.57. The molecule has 3 heterocycles. The summed E-state index contributed by atoms with van der Waals surface area (Å²) in [6, 6.07) is 7.06. The van der Waals surface area contributed by atoms with Crippen molar-refractivity contribution >= 4 is 22.7 Å². The minimum Gasteiger partial charge on any atom is -0.361 e. The summed E-state index contributed by atoms with van der Waals surface area (Å²) in [5.41, 5.74) is 0.273. The van der Waals surface area contributed by atoms with Gasteiger partial charge in [-0.2, -0.15) is 5.10 Å². The summed E-state index contributed by atoms with van der Waals surface area (Å²) in [4.78, 5) is 40.0. The number of rotatable bonds is 6. The van der Waals surface area contributed by atoms with Crippen molar-refractivity contribution in [2.45, 2.75) is 24.8 Å². The molecule has 5 N–H and O–H groups in total. The Labute approximate surface area is 176 Å². The molecule has 1 aromatic carbocycles. The lowest BCUT2D eigenvalue weighted by Crippen LogP contribution is -2.63. The van der Waals surface area contributed by atoms with Crippen molar-refractivity contribution in [3.63, 3.8) is 0 Å². The highest BCUT2D eigenvalue weighted by Gasteiger charge is 2.41. The van der Waals surface area contributed by atoms with Crippen LogP contribution >= 0.6 is 0 Å². The van der Waals surface area contributed by atoms with Crippen LogP contribution in [0.15, 0.2) is 41.3 Å². The molecule has 3 aromatic rings. The van der Waals surface area contributed by atoms with Crippen molar-refractivity contribution in [3.05, 3.63) is 64.0 Å². The highest BCUT2D eigenvalue weighted by Crippen LogP contribution is 2.21. The second kappa shape index (κ2) is 8.68. The molecule has 1 fully saturated rings. The van der Waals surface area contributed by atoms with Gasteiger partial charge in [-0.05, 0) is 62.2 Å². The van der Waals surface area contributed by atoms with Crippen molar-refractivity contribution < 1.29 is 14.0 Å². The fraction of sp³-hybridized carbons (Fsp3) is 0.333. The molecule has 2 amide bonds. The van der Waals surface area contributed by atoms with Crippen molar-refractivity contribution in [1.82, 2.24) is 31.1 Å². The Hall–Kier alpha value is -3.53. The van der Waals surface area contributed by atoms with E-state index in [9.17, 15) is 18.8 Å². The second-order valence-electron chi connectivity index (χ2n) is 7.60. The number of hydrogen-bond acceptors (Lipinski definition) is 5. The average molecular weight is 426 g/mol. The number of hydrogen-bond donors (Lipinski definition) is 5.